The number of hydrogen-bond donors (Lipinski definition) is 8. The molecule has 57 heavy (non-hydrogen) atoms. The number of aromatic nitrogens is 6. The molecule has 0 atom stereocenters. The maximum atomic E-state index is 10.0. The van der Waals surface area contributed by atoms with Crippen LogP contribution in [0.5, 0.6) is 0 Å². The van der Waals surface area contributed by atoms with Crippen LogP contribution in [0.2, 0.25) is 0 Å². The number of rotatable bonds is 0. The first-order chi connectivity index (χ1) is 26.1. The van der Waals surface area contributed by atoms with Crippen molar-refractivity contribution in [3.05, 3.63) is 33.6 Å². The van der Waals surface area contributed by atoms with Crippen LogP contribution in [0, 0.1) is 52.9 Å². The molecule has 3 aromatic heterocycles. The summed E-state index contributed by atoms with van der Waals surface area (Å²) in [7, 11) is 1.35. The highest BCUT2D eigenvalue weighted by molar-refractivity contribution is 7.11. The second-order valence-corrected chi connectivity index (χ2v) is 10.5. The van der Waals surface area contributed by atoms with Gasteiger partial charge in [-0.05, 0) is 33.6 Å². The number of nitrogens with two attached hydrogens (primary N) is 3. The van der Waals surface area contributed by atoms with E-state index >= 15 is 0 Å². The number of hydrazine groups is 3. The zero-order chi connectivity index (χ0) is 45.5. The lowest BCUT2D eigenvalue weighted by molar-refractivity contribution is -0.138. The molecule has 0 aliphatic carbocycles. The van der Waals surface area contributed by atoms with Gasteiger partial charge in [-0.25, -0.2) is 5.84 Å². The highest BCUT2D eigenvalue weighted by Crippen LogP contribution is 2.04. The van der Waals surface area contributed by atoms with Gasteiger partial charge in [0.1, 0.15) is 10.0 Å². The highest BCUT2D eigenvalue weighted by atomic mass is 32.1. The summed E-state index contributed by atoms with van der Waals surface area (Å²) in [6, 6.07) is 1.75. The van der Waals surface area contributed by atoms with Gasteiger partial charge in [-0.15, -0.1) is 41.9 Å². The zero-order valence-electron chi connectivity index (χ0n) is 35.4. The minimum Gasteiger partial charge on any atom is -0.481 e. The number of ether oxygens (including phenoxy) is 2. The van der Waals surface area contributed by atoms with Crippen LogP contribution < -0.4 is 33.8 Å². The summed E-state index contributed by atoms with van der Waals surface area (Å²) in [4.78, 5) is 48.2. The number of nitrogens with zero attached hydrogens (tertiary/aromatic N) is 7. The number of amides is 3. The Morgan fingerprint density at radius 2 is 0.982 bits per heavy atom. The molecule has 26 heteroatoms. The fraction of sp³-hybridized carbons (Fsp3) is 0.613. The Morgan fingerprint density at radius 1 is 0.754 bits per heavy atom. The van der Waals surface area contributed by atoms with Gasteiger partial charge in [-0.2, -0.15) is 5.26 Å². The van der Waals surface area contributed by atoms with Crippen LogP contribution in [-0.4, -0.2) is 103 Å². The van der Waals surface area contributed by atoms with Crippen molar-refractivity contribution in [2.75, 3.05) is 26.9 Å². The number of aliphatic hydroxyl groups excluding tert-OH is 1. The minimum absolute atomic E-state index is 0. The number of carbonyl (C=O) groups excluding carboxylic acids is 4. The molecule has 25 nitrogen and oxygen atoms in total. The first-order valence-electron chi connectivity index (χ1n) is 16.0. The lowest BCUT2D eigenvalue weighted by Crippen LogP contribution is -2.38. The first kappa shape index (κ1) is 69.4. The van der Waals surface area contributed by atoms with E-state index in [9.17, 15) is 19.2 Å². The second kappa shape index (κ2) is 54.8. The number of aliphatic carboxylic acids is 1. The smallest absolute Gasteiger partial charge is 0.302 e. The molecule has 1 aliphatic rings. The summed E-state index contributed by atoms with van der Waals surface area (Å²) < 4.78 is 18.8. The third-order valence-electron chi connectivity index (χ3n) is 3.61. The molecule has 3 amide bonds. The Balaban J connectivity index is -0.0000000785. The van der Waals surface area contributed by atoms with Crippen molar-refractivity contribution in [2.45, 2.75) is 103 Å². The van der Waals surface area contributed by atoms with E-state index in [1.807, 2.05) is 19.3 Å². The number of nitrogens with one attached hydrogen (secondary N) is 3. The number of methoxy groups -OCH3 is 1. The molecule has 0 saturated carbocycles. The fourth-order valence-electron chi connectivity index (χ4n) is 1.87. The molecule has 3 aromatic rings. The van der Waals surface area contributed by atoms with Gasteiger partial charge in [-0.1, -0.05) is 0 Å². The number of hydrogen-bond acceptors (Lipinski definition) is 21. The molecule has 1 saturated heterocycles. The average molecular weight is 844 g/mol. The van der Waals surface area contributed by atoms with E-state index in [4.69, 9.17) is 33.8 Å². The fourth-order valence-corrected chi connectivity index (χ4v) is 2.46. The highest BCUT2D eigenvalue weighted by Gasteiger charge is 1.95. The number of aryl methyl sites for hydroxylation is 6. The zero-order valence-corrected chi connectivity index (χ0v) is 36.2. The van der Waals surface area contributed by atoms with E-state index in [1.165, 1.54) is 54.6 Å². The van der Waals surface area contributed by atoms with Gasteiger partial charge in [0.25, 0.3) is 5.97 Å². The monoisotopic (exact) mass is 843 g/mol. The normalized spacial score (nSPS) is 8.86. The SMILES string of the molecule is C1CCOC1.CC#N.CC(=O)NN.CC(=O)NNC(C)=O.CC(=O)O.CCO.COC(C)=O.Cc1nnc(C)o1.Cc1nnc(C)o1.Cc1nnc(C)s1.NN.O. The number of carboxylic acid groups (broad SMARTS) is 1. The van der Waals surface area contributed by atoms with Gasteiger partial charge in [0.05, 0.1) is 13.2 Å². The van der Waals surface area contributed by atoms with Crippen LogP contribution >= 0.6 is 11.3 Å². The molecule has 332 valence electrons. The molecular weight excluding hydrogens is 778 g/mol. The van der Waals surface area contributed by atoms with E-state index in [2.05, 4.69) is 63.7 Å². The van der Waals surface area contributed by atoms with Crippen molar-refractivity contribution in [1.29, 1.82) is 5.26 Å². The van der Waals surface area contributed by atoms with Crippen molar-refractivity contribution in [3.8, 4) is 6.07 Å². The molecule has 0 bridgehead atoms. The van der Waals surface area contributed by atoms with Crippen LogP contribution in [0.3, 0.4) is 0 Å². The van der Waals surface area contributed by atoms with Crippen LogP contribution in [0.15, 0.2) is 8.83 Å². The van der Waals surface area contributed by atoms with Crippen molar-refractivity contribution in [2.24, 2.45) is 17.5 Å². The van der Waals surface area contributed by atoms with E-state index in [0.29, 0.717) is 23.6 Å². The van der Waals surface area contributed by atoms with Crippen LogP contribution in [-0.2, 0) is 33.4 Å². The van der Waals surface area contributed by atoms with Gasteiger partial charge >= 0.3 is 5.97 Å². The predicted molar refractivity (Wildman–Crippen MR) is 210 cm³/mol. The average Bonchev–Trinajstić information content (AvgIpc) is 3.95. The Bertz CT molecular complexity index is 1220. The maximum Gasteiger partial charge on any atom is 0.302 e. The van der Waals surface area contributed by atoms with Crippen LogP contribution in [0.4, 0.5) is 0 Å². The summed E-state index contributed by atoms with van der Waals surface area (Å²) in [6.07, 6.45) is 2.56. The lowest BCUT2D eigenvalue weighted by atomic mass is 10.4. The Hall–Kier alpha value is -5.56. The van der Waals surface area contributed by atoms with Crippen molar-refractivity contribution in [1.82, 2.24) is 46.9 Å². The molecule has 13 N–H and O–H groups in total. The molecule has 0 unspecified atom stereocenters. The van der Waals surface area contributed by atoms with E-state index < -0.39 is 5.97 Å². The lowest BCUT2D eigenvalue weighted by Gasteiger charge is -1.97. The molecule has 0 radical (unpaired) electrons. The van der Waals surface area contributed by atoms with Crippen molar-refractivity contribution >= 4 is 41.0 Å². The number of nitriles is 1. The van der Waals surface area contributed by atoms with Gasteiger partial charge in [0.2, 0.25) is 41.3 Å². The standard InChI is InChI=1S/C4H8N2O2.2C4H6N2O.C4H6N2S.C4H8O.C3H6O2.C2H6N2O.C2H3N.C2H4O2.C2H6O.H4N2.H2O/c1-3(7)5-6-4(2)8;3*1-3-5-6-4(2)7-3;1-2-4-5-3-1;1-3(4)5-2;1-2(5)4-3;1-2-3;1-2(3)4;1-2-3;1-2;/h1-2H3,(H,5,7)(H,6,8);3*1-2H3;1-4H2;1-2H3;3H2,1H3,(H,4,5);1H3;1H3,(H,3,4);3H,2H2,1H3;1-2H2;1H2. The third kappa shape index (κ3) is 94.2. The predicted octanol–water partition coefficient (Wildman–Crippen LogP) is 0.287. The Morgan fingerprint density at radius 3 is 1.05 bits per heavy atom. The minimum atomic E-state index is -0.833. The van der Waals surface area contributed by atoms with E-state index in [1.54, 1.807) is 52.0 Å². The largest absolute Gasteiger partial charge is 0.481 e. The van der Waals surface area contributed by atoms with Crippen molar-refractivity contribution < 1.29 is 58.0 Å². The molecule has 1 fully saturated rings. The van der Waals surface area contributed by atoms with Gasteiger partial charge in [-0.3, -0.25) is 51.9 Å². The summed E-state index contributed by atoms with van der Waals surface area (Å²) in [6.45, 7) is 22.7. The van der Waals surface area contributed by atoms with Gasteiger partial charge in [0.15, 0.2) is 0 Å². The van der Waals surface area contributed by atoms with E-state index in [-0.39, 0.29) is 35.8 Å². The van der Waals surface area contributed by atoms with E-state index in [0.717, 1.165) is 30.2 Å². The van der Waals surface area contributed by atoms with Gasteiger partial charge < -0.3 is 34.0 Å². The van der Waals surface area contributed by atoms with Crippen LogP contribution in [0.25, 0.3) is 0 Å². The molecule has 0 aromatic carbocycles. The first-order valence-corrected chi connectivity index (χ1v) is 16.8. The van der Waals surface area contributed by atoms with Crippen LogP contribution in [0.1, 0.15) is 94.9 Å². The molecular formula is C31H65N13O12S. The Labute approximate surface area is 337 Å². The second-order valence-electron chi connectivity index (χ2n) is 9.16. The molecule has 1 aliphatic heterocycles. The quantitative estimate of drug-likeness (QED) is 0.0652. The maximum absolute atomic E-state index is 10.0. The number of aliphatic hydroxyl groups is 1. The summed E-state index contributed by atoms with van der Waals surface area (Å²) in [5.74, 6) is 13.2. The summed E-state index contributed by atoms with van der Waals surface area (Å²) in [5.41, 5.74) is 6.10. The number of carbonyl (C=O) groups is 5. The van der Waals surface area contributed by atoms with Crippen molar-refractivity contribution in [3.63, 3.8) is 0 Å². The summed E-state index contributed by atoms with van der Waals surface area (Å²) in [5, 5.41) is 46.4. The topological polar surface area (TPSA) is 417 Å². The third-order valence-corrected chi connectivity index (χ3v) is 4.37. The number of esters is 1. The molecule has 4 heterocycles. The Kier molecular flexibility index (Phi) is 66.7. The summed E-state index contributed by atoms with van der Waals surface area (Å²) >= 11 is 1.62. The molecule has 0 spiro atoms. The van der Waals surface area contributed by atoms with Gasteiger partial charge in [0, 0.05) is 89.1 Å². The number of carboxylic acids is 1. The molecule has 4 rings (SSSR count).